The van der Waals surface area contributed by atoms with E-state index in [1.54, 1.807) is 0 Å². The summed E-state index contributed by atoms with van der Waals surface area (Å²) in [6.45, 7) is 14.7. The van der Waals surface area contributed by atoms with Crippen LogP contribution < -0.4 is 0 Å². The number of rotatable bonds is 13. The number of ether oxygens (including phenoxy) is 6. The molecule has 7 fully saturated rings. The van der Waals surface area contributed by atoms with Crippen LogP contribution in [0.25, 0.3) is 0 Å². The number of hydrogen-bond donors (Lipinski definition) is 13. The minimum absolute atomic E-state index is 0.0733. The van der Waals surface area contributed by atoms with Gasteiger partial charge < -0.3 is 94.8 Å². The molecule has 0 spiro atoms. The van der Waals surface area contributed by atoms with Gasteiger partial charge >= 0.3 is 0 Å². The van der Waals surface area contributed by atoms with E-state index in [0.717, 1.165) is 24.8 Å². The van der Waals surface area contributed by atoms with Crippen molar-refractivity contribution in [3.05, 3.63) is 11.6 Å². The number of aliphatic hydroxyl groups is 13. The molecule has 19 nitrogen and oxygen atoms in total. The van der Waals surface area contributed by atoms with Crippen molar-refractivity contribution in [2.75, 3.05) is 19.8 Å². The summed E-state index contributed by atoms with van der Waals surface area (Å²) in [5.74, 6) is -0.628. The molecule has 4 saturated carbocycles. The molecule has 7 aliphatic rings. The van der Waals surface area contributed by atoms with Crippen LogP contribution in [0.5, 0.6) is 0 Å². The smallest absolute Gasteiger partial charge is 0.187 e. The first kappa shape index (κ1) is 53.8. The van der Waals surface area contributed by atoms with Gasteiger partial charge in [0, 0.05) is 0 Å². The molecule has 0 aromatic carbocycles. The third-order valence-electron chi connectivity index (χ3n) is 18.7. The van der Waals surface area contributed by atoms with Crippen molar-refractivity contribution in [2.24, 2.45) is 45.3 Å². The lowest BCUT2D eigenvalue weighted by Crippen LogP contribution is -2.70. The first-order valence-electron chi connectivity index (χ1n) is 24.5. The minimum Gasteiger partial charge on any atom is -0.394 e. The third-order valence-corrected chi connectivity index (χ3v) is 18.7. The van der Waals surface area contributed by atoms with Crippen LogP contribution in [0.1, 0.15) is 107 Å². The van der Waals surface area contributed by atoms with E-state index >= 15 is 0 Å². The van der Waals surface area contributed by atoms with E-state index in [-0.39, 0.29) is 35.5 Å². The molecule has 67 heavy (non-hydrogen) atoms. The van der Waals surface area contributed by atoms with Crippen LogP contribution in [0.15, 0.2) is 11.6 Å². The highest BCUT2D eigenvalue weighted by molar-refractivity contribution is 5.21. The molecule has 3 heterocycles. The van der Waals surface area contributed by atoms with Crippen LogP contribution in [0.4, 0.5) is 0 Å². The van der Waals surface area contributed by atoms with Crippen molar-refractivity contribution < 1.29 is 94.8 Å². The second kappa shape index (κ2) is 19.8. The van der Waals surface area contributed by atoms with Gasteiger partial charge in [-0.05, 0) is 117 Å². The van der Waals surface area contributed by atoms with Crippen molar-refractivity contribution in [1.29, 1.82) is 0 Å². The Morgan fingerprint density at radius 2 is 1.13 bits per heavy atom. The predicted molar refractivity (Wildman–Crippen MR) is 235 cm³/mol. The Hall–Kier alpha value is -1.02. The highest BCUT2D eigenvalue weighted by Crippen LogP contribution is 2.76. The largest absolute Gasteiger partial charge is 0.394 e. The first-order valence-corrected chi connectivity index (χ1v) is 24.5. The molecule has 388 valence electrons. The lowest BCUT2D eigenvalue weighted by Gasteiger charge is -2.71. The zero-order chi connectivity index (χ0) is 49.5. The van der Waals surface area contributed by atoms with E-state index in [1.165, 1.54) is 0 Å². The van der Waals surface area contributed by atoms with Crippen LogP contribution in [0.3, 0.4) is 0 Å². The fraction of sp³-hybridized carbons (Fsp3) is 0.958. The molecule has 4 aliphatic carbocycles. The van der Waals surface area contributed by atoms with E-state index in [2.05, 4.69) is 26.8 Å². The fourth-order valence-electron chi connectivity index (χ4n) is 15.0. The molecule has 0 aromatic rings. The molecule has 3 aliphatic heterocycles. The minimum atomic E-state index is -1.85. The highest BCUT2D eigenvalue weighted by atomic mass is 16.8. The van der Waals surface area contributed by atoms with E-state index in [9.17, 15) is 66.4 Å². The second-order valence-corrected chi connectivity index (χ2v) is 23.1. The quantitative estimate of drug-likeness (QED) is 0.0773. The van der Waals surface area contributed by atoms with Gasteiger partial charge in [-0.15, -0.1) is 0 Å². The zero-order valence-electron chi connectivity index (χ0n) is 40.3. The molecule has 0 aromatic heterocycles. The Kier molecular flexibility index (Phi) is 15.9. The molecule has 7 rings (SSSR count). The maximum Gasteiger partial charge on any atom is 0.187 e. The summed E-state index contributed by atoms with van der Waals surface area (Å²) in [6, 6.07) is 0. The normalized spacial score (nSPS) is 52.9. The molecule has 0 radical (unpaired) electrons. The molecule has 13 N–H and O–H groups in total. The number of aliphatic hydroxyl groups excluding tert-OH is 13. The van der Waals surface area contributed by atoms with Gasteiger partial charge in [0.25, 0.3) is 0 Å². The summed E-state index contributed by atoms with van der Waals surface area (Å²) >= 11 is 0. The molecular weight excluding hydrogens is 881 g/mol. The molecular formula is C48H82O19. The second-order valence-electron chi connectivity index (χ2n) is 23.1. The van der Waals surface area contributed by atoms with Crippen LogP contribution >= 0.6 is 0 Å². The molecule has 26 atom stereocenters. The van der Waals surface area contributed by atoms with Crippen LogP contribution in [-0.4, -0.2) is 202 Å². The summed E-state index contributed by atoms with van der Waals surface area (Å²) in [6.07, 6.45) is -19.6. The van der Waals surface area contributed by atoms with E-state index < -0.39 is 152 Å². The summed E-state index contributed by atoms with van der Waals surface area (Å²) in [5.41, 5.74) is -1.96. The van der Waals surface area contributed by atoms with Crippen molar-refractivity contribution in [3.8, 4) is 0 Å². The van der Waals surface area contributed by atoms with Crippen molar-refractivity contribution in [1.82, 2.24) is 0 Å². The zero-order valence-corrected chi connectivity index (χ0v) is 40.3. The third kappa shape index (κ3) is 9.03. The summed E-state index contributed by atoms with van der Waals surface area (Å²) < 4.78 is 36.9. The van der Waals surface area contributed by atoms with Gasteiger partial charge in [-0.3, -0.25) is 0 Å². The number of hydrogen-bond acceptors (Lipinski definition) is 19. The van der Waals surface area contributed by atoms with E-state index in [4.69, 9.17) is 28.4 Å². The van der Waals surface area contributed by atoms with Gasteiger partial charge in [0.2, 0.25) is 0 Å². The topological polar surface area (TPSA) is 318 Å². The Morgan fingerprint density at radius 3 is 1.70 bits per heavy atom. The van der Waals surface area contributed by atoms with E-state index in [0.29, 0.717) is 25.7 Å². The molecule has 3 saturated heterocycles. The lowest BCUT2D eigenvalue weighted by atomic mass is 9.35. The van der Waals surface area contributed by atoms with Crippen molar-refractivity contribution in [3.63, 3.8) is 0 Å². The predicted octanol–water partition coefficient (Wildman–Crippen LogP) is -1.06. The Balaban J connectivity index is 1.15. The van der Waals surface area contributed by atoms with E-state index in [1.807, 2.05) is 34.6 Å². The van der Waals surface area contributed by atoms with Crippen LogP contribution in [0, 0.1) is 45.3 Å². The summed E-state index contributed by atoms with van der Waals surface area (Å²) in [4.78, 5) is 0. The Labute approximate surface area is 393 Å². The van der Waals surface area contributed by atoms with Crippen LogP contribution in [0.2, 0.25) is 0 Å². The summed E-state index contributed by atoms with van der Waals surface area (Å²) in [7, 11) is 0. The SMILES string of the molecule is CC(C)=CCC[C@@](C)(O[C@@H]1O[C@H](CO)[C@@H](O)[C@@H](O)[C@@H]1O)[C@H]1CC[C@@]2(C)[C@@H]1[C@H](O)C[C@@H]1[C@]3(C)C[C@@H](O)[C@H](O[C@H]4O[C@@H](CO)[C@H](O)[C@@H](O)[C@H]4O[C@@H]4O[C@H](CO)[C@@H](O)[C@@H](O)[C@H]4O)C(C)(C)[C@@H]3CC[C@]12C. The maximum absolute atomic E-state index is 12.7. The average Bonchev–Trinajstić information content (AvgIpc) is 3.65. The maximum atomic E-state index is 12.7. The monoisotopic (exact) mass is 963 g/mol. The van der Waals surface area contributed by atoms with Gasteiger partial charge in [-0.1, -0.05) is 46.3 Å². The average molecular weight is 963 g/mol. The molecule has 0 unspecified atom stereocenters. The lowest BCUT2D eigenvalue weighted by molar-refractivity contribution is -0.383. The summed E-state index contributed by atoms with van der Waals surface area (Å²) in [5, 5.41) is 141. The highest BCUT2D eigenvalue weighted by Gasteiger charge is 2.73. The fourth-order valence-corrected chi connectivity index (χ4v) is 15.0. The van der Waals surface area contributed by atoms with Gasteiger partial charge in [0.05, 0.1) is 43.7 Å². The number of fused-ring (bicyclic) bond motifs is 5. The number of allylic oxidation sites excluding steroid dienone is 2. The van der Waals surface area contributed by atoms with Gasteiger partial charge in [-0.25, -0.2) is 0 Å². The Morgan fingerprint density at radius 1 is 0.612 bits per heavy atom. The first-order chi connectivity index (χ1) is 31.3. The van der Waals surface area contributed by atoms with Gasteiger partial charge in [0.15, 0.2) is 18.9 Å². The van der Waals surface area contributed by atoms with Gasteiger partial charge in [0.1, 0.15) is 73.2 Å². The molecule has 0 amide bonds. The van der Waals surface area contributed by atoms with Crippen LogP contribution in [-0.2, 0) is 28.4 Å². The van der Waals surface area contributed by atoms with Crippen molar-refractivity contribution in [2.45, 2.75) is 223 Å². The van der Waals surface area contributed by atoms with Crippen molar-refractivity contribution >= 4 is 0 Å². The molecule has 19 heteroatoms. The van der Waals surface area contributed by atoms with Gasteiger partial charge in [-0.2, -0.15) is 0 Å². The standard InChI is InChI=1S/C48H82O19/c1-21(2)10-9-13-48(8,67-42-38(61)35(58)32(55)26(19-50)63-42)22-11-14-47(7)30(22)23(52)16-29-45(5)17-24(53)40(44(3,4)28(45)12-15-46(29,47)6)66-43-39(36(59)33(56)27(20-51)64-43)65-41-37(60)34(57)31(54)25(18-49)62-41/h10,22-43,49-61H,9,11-20H2,1-8H3/t22-,23+,24+,25+,26+,27-,28-,29+,30-,31+,32+,33-,34+,35+,36+,37+,38-,39+,40-,41-,42-,43+,45+,46+,47-,48+/m0/s1. The Bertz CT molecular complexity index is 1710. The molecule has 0 bridgehead atoms.